The summed E-state index contributed by atoms with van der Waals surface area (Å²) in [4.78, 5) is 11.7. The van der Waals surface area contributed by atoms with Crippen LogP contribution in [-0.2, 0) is 16.1 Å². The van der Waals surface area contributed by atoms with Crippen LogP contribution >= 0.6 is 0 Å². The van der Waals surface area contributed by atoms with Crippen LogP contribution in [0.15, 0.2) is 42.0 Å². The normalized spacial score (nSPS) is 16.5. The lowest BCUT2D eigenvalue weighted by Gasteiger charge is -2.30. The molecule has 0 bridgehead atoms. The fourth-order valence-corrected chi connectivity index (χ4v) is 2.33. The van der Waals surface area contributed by atoms with E-state index in [9.17, 15) is 4.79 Å². The van der Waals surface area contributed by atoms with E-state index in [-0.39, 0.29) is 5.97 Å². The van der Waals surface area contributed by atoms with E-state index in [0.717, 1.165) is 31.2 Å². The van der Waals surface area contributed by atoms with Gasteiger partial charge in [0.15, 0.2) is 0 Å². The second-order valence-electron chi connectivity index (χ2n) is 6.06. The maximum atomic E-state index is 11.7. The molecule has 1 aromatic rings. The summed E-state index contributed by atoms with van der Waals surface area (Å²) in [7, 11) is 0. The Morgan fingerprint density at radius 1 is 1.14 bits per heavy atom. The van der Waals surface area contributed by atoms with E-state index in [0.29, 0.717) is 12.0 Å². The molecule has 2 nitrogen and oxygen atoms in total. The van der Waals surface area contributed by atoms with E-state index in [2.05, 4.69) is 13.8 Å². The highest BCUT2D eigenvalue weighted by atomic mass is 16.5. The summed E-state index contributed by atoms with van der Waals surface area (Å²) in [5.41, 5.74) is 2.68. The van der Waals surface area contributed by atoms with Gasteiger partial charge in [-0.1, -0.05) is 63.6 Å². The summed E-state index contributed by atoms with van der Waals surface area (Å²) in [5, 5.41) is 0. The van der Waals surface area contributed by atoms with Crippen LogP contribution in [0.4, 0.5) is 0 Å². The third kappa shape index (κ3) is 6.61. The fraction of sp³-hybridized carbons (Fsp3) is 0.526. The molecule has 0 aliphatic heterocycles. The van der Waals surface area contributed by atoms with Crippen molar-refractivity contribution in [2.75, 3.05) is 0 Å². The van der Waals surface area contributed by atoms with Gasteiger partial charge in [-0.05, 0) is 36.7 Å². The molecule has 1 aliphatic rings. The Balaban J connectivity index is 0.00000106. The van der Waals surface area contributed by atoms with Crippen LogP contribution in [0.2, 0.25) is 0 Å². The first-order valence-corrected chi connectivity index (χ1v) is 7.95. The van der Waals surface area contributed by atoms with Gasteiger partial charge in [0, 0.05) is 6.08 Å². The molecule has 21 heavy (non-hydrogen) atoms. The highest BCUT2D eigenvalue weighted by Crippen LogP contribution is 2.37. The van der Waals surface area contributed by atoms with Crippen LogP contribution < -0.4 is 0 Å². The predicted octanol–water partition coefficient (Wildman–Crippen LogP) is 5.28. The molecule has 0 heterocycles. The summed E-state index contributed by atoms with van der Waals surface area (Å²) >= 11 is 0. The molecule has 0 N–H and O–H groups in total. The summed E-state index contributed by atoms with van der Waals surface area (Å²) in [6.45, 7) is 8.93. The number of allylic oxidation sites excluding steroid dienone is 1. The number of hydrogen-bond donors (Lipinski definition) is 0. The lowest BCUT2D eigenvalue weighted by Crippen LogP contribution is -2.17. The Kier molecular flexibility index (Phi) is 7.21. The Hall–Kier alpha value is -1.57. The number of hydrogen-bond acceptors (Lipinski definition) is 2. The molecule has 2 rings (SSSR count). The van der Waals surface area contributed by atoms with Crippen molar-refractivity contribution < 1.29 is 9.53 Å². The topological polar surface area (TPSA) is 26.3 Å². The zero-order valence-electron chi connectivity index (χ0n) is 13.8. The summed E-state index contributed by atoms with van der Waals surface area (Å²) in [6, 6.07) is 9.78. The maximum Gasteiger partial charge on any atom is 0.331 e. The molecule has 0 spiro atoms. The van der Waals surface area contributed by atoms with Crippen LogP contribution in [0, 0.1) is 5.41 Å². The Morgan fingerprint density at radius 2 is 1.71 bits per heavy atom. The minimum absolute atomic E-state index is 0.210. The maximum absolute atomic E-state index is 11.7. The fourth-order valence-electron chi connectivity index (χ4n) is 2.33. The molecule has 0 saturated heterocycles. The molecular formula is C19H28O2. The number of carbonyl (C=O) groups excluding carboxylic acids is 1. The number of benzene rings is 1. The van der Waals surface area contributed by atoms with E-state index < -0.39 is 0 Å². The van der Waals surface area contributed by atoms with Crippen molar-refractivity contribution in [3.63, 3.8) is 0 Å². The molecule has 0 aromatic heterocycles. The van der Waals surface area contributed by atoms with Gasteiger partial charge >= 0.3 is 5.97 Å². The highest BCUT2D eigenvalue weighted by molar-refractivity contribution is 5.82. The Labute approximate surface area is 129 Å². The van der Waals surface area contributed by atoms with Crippen molar-refractivity contribution in [2.45, 2.75) is 60.0 Å². The van der Waals surface area contributed by atoms with E-state index in [1.54, 1.807) is 6.08 Å². The number of rotatable bonds is 3. The van der Waals surface area contributed by atoms with E-state index in [1.807, 2.05) is 44.2 Å². The first-order valence-electron chi connectivity index (χ1n) is 7.95. The van der Waals surface area contributed by atoms with Crippen LogP contribution in [0.3, 0.4) is 0 Å². The summed E-state index contributed by atoms with van der Waals surface area (Å²) in [6.07, 6.45) is 6.05. The van der Waals surface area contributed by atoms with Crippen LogP contribution in [0.25, 0.3) is 0 Å². The average molecular weight is 288 g/mol. The third-order valence-electron chi connectivity index (χ3n) is 3.79. The smallest absolute Gasteiger partial charge is 0.331 e. The SMILES string of the molecule is CC.CC1(C)CCC(=CC(=O)OCc2ccccc2)CC1. The first kappa shape index (κ1) is 17.5. The summed E-state index contributed by atoms with van der Waals surface area (Å²) < 4.78 is 5.27. The minimum atomic E-state index is -0.210. The minimum Gasteiger partial charge on any atom is -0.458 e. The van der Waals surface area contributed by atoms with Gasteiger partial charge < -0.3 is 4.74 Å². The van der Waals surface area contributed by atoms with Crippen molar-refractivity contribution in [3.05, 3.63) is 47.5 Å². The van der Waals surface area contributed by atoms with Crippen molar-refractivity contribution >= 4 is 5.97 Å². The average Bonchev–Trinajstić information content (AvgIpc) is 2.50. The van der Waals surface area contributed by atoms with Gasteiger partial charge in [0.2, 0.25) is 0 Å². The third-order valence-corrected chi connectivity index (χ3v) is 3.79. The van der Waals surface area contributed by atoms with Gasteiger partial charge in [0.1, 0.15) is 6.61 Å². The highest BCUT2D eigenvalue weighted by Gasteiger charge is 2.23. The lowest BCUT2D eigenvalue weighted by atomic mass is 9.75. The molecule has 0 radical (unpaired) electrons. The molecule has 1 fully saturated rings. The lowest BCUT2D eigenvalue weighted by molar-refractivity contribution is -0.139. The van der Waals surface area contributed by atoms with E-state index in [4.69, 9.17) is 4.74 Å². The standard InChI is InChI=1S/C17H22O2.C2H6/c1-17(2)10-8-14(9-11-17)12-16(18)19-13-15-6-4-3-5-7-15;1-2/h3-7,12H,8-11,13H2,1-2H3;1-2H3. The molecule has 2 heteroatoms. The van der Waals surface area contributed by atoms with E-state index >= 15 is 0 Å². The molecule has 0 amide bonds. The van der Waals surface area contributed by atoms with Gasteiger partial charge in [0.25, 0.3) is 0 Å². The van der Waals surface area contributed by atoms with Crippen molar-refractivity contribution in [3.8, 4) is 0 Å². The van der Waals surface area contributed by atoms with Gasteiger partial charge in [-0.2, -0.15) is 0 Å². The molecule has 1 aromatic carbocycles. The molecule has 1 aliphatic carbocycles. The molecule has 0 unspecified atom stereocenters. The number of ether oxygens (including phenoxy) is 1. The van der Waals surface area contributed by atoms with Gasteiger partial charge in [0.05, 0.1) is 0 Å². The second kappa shape index (κ2) is 8.66. The van der Waals surface area contributed by atoms with Crippen LogP contribution in [-0.4, -0.2) is 5.97 Å². The molecule has 0 atom stereocenters. The molecule has 1 saturated carbocycles. The van der Waals surface area contributed by atoms with Crippen molar-refractivity contribution in [1.29, 1.82) is 0 Å². The van der Waals surface area contributed by atoms with Crippen molar-refractivity contribution in [1.82, 2.24) is 0 Å². The van der Waals surface area contributed by atoms with Gasteiger partial charge in [-0.15, -0.1) is 0 Å². The second-order valence-corrected chi connectivity index (χ2v) is 6.06. The van der Waals surface area contributed by atoms with Crippen molar-refractivity contribution in [2.24, 2.45) is 5.41 Å². The van der Waals surface area contributed by atoms with E-state index in [1.165, 1.54) is 5.57 Å². The molecular weight excluding hydrogens is 260 g/mol. The predicted molar refractivity (Wildman–Crippen MR) is 87.9 cm³/mol. The van der Waals surface area contributed by atoms with Crippen LogP contribution in [0.1, 0.15) is 58.9 Å². The monoisotopic (exact) mass is 288 g/mol. The quantitative estimate of drug-likeness (QED) is 0.558. The number of esters is 1. The number of carbonyl (C=O) groups is 1. The largest absolute Gasteiger partial charge is 0.458 e. The summed E-state index contributed by atoms with van der Waals surface area (Å²) in [5.74, 6) is -0.210. The van der Waals surface area contributed by atoms with Gasteiger partial charge in [-0.3, -0.25) is 0 Å². The first-order chi connectivity index (χ1) is 10.1. The Morgan fingerprint density at radius 3 is 2.29 bits per heavy atom. The zero-order chi connectivity index (χ0) is 15.7. The van der Waals surface area contributed by atoms with Gasteiger partial charge in [-0.25, -0.2) is 4.79 Å². The zero-order valence-corrected chi connectivity index (χ0v) is 13.8. The van der Waals surface area contributed by atoms with Crippen LogP contribution in [0.5, 0.6) is 0 Å². The molecule has 116 valence electrons. The Bertz CT molecular complexity index is 446.